The van der Waals surface area contributed by atoms with Gasteiger partial charge in [-0.2, -0.15) is 0 Å². The smallest absolute Gasteiger partial charge is 0.192 e. The molecule has 0 aliphatic carbocycles. The van der Waals surface area contributed by atoms with Gasteiger partial charge in [0.1, 0.15) is 0 Å². The molecular weight excluding hydrogens is 305 g/mol. The molecule has 108 valence electrons. The van der Waals surface area contributed by atoms with Gasteiger partial charge in [-0.15, -0.1) is 0 Å². The van der Waals surface area contributed by atoms with Crippen LogP contribution in [-0.4, -0.2) is 17.4 Å². The van der Waals surface area contributed by atoms with Crippen molar-refractivity contribution in [2.75, 3.05) is 6.54 Å². The fourth-order valence-corrected chi connectivity index (χ4v) is 2.98. The predicted molar refractivity (Wildman–Crippen MR) is 87.7 cm³/mol. The number of benzene rings is 2. The van der Waals surface area contributed by atoms with Gasteiger partial charge in [0, 0.05) is 6.54 Å². The third-order valence-electron chi connectivity index (χ3n) is 3.63. The van der Waals surface area contributed by atoms with Gasteiger partial charge in [0.2, 0.25) is 0 Å². The zero-order valence-electron chi connectivity index (χ0n) is 11.3. The van der Waals surface area contributed by atoms with Crippen molar-refractivity contribution in [1.29, 1.82) is 0 Å². The number of rotatable bonds is 3. The van der Waals surface area contributed by atoms with Crippen molar-refractivity contribution in [3.63, 3.8) is 0 Å². The molecule has 3 rings (SSSR count). The number of guanidine groups is 1. The zero-order valence-corrected chi connectivity index (χ0v) is 12.8. The van der Waals surface area contributed by atoms with Gasteiger partial charge in [-0.05, 0) is 17.2 Å². The second kappa shape index (κ2) is 5.96. The highest BCUT2D eigenvalue weighted by molar-refractivity contribution is 6.42. The molecule has 1 unspecified atom stereocenters. The van der Waals surface area contributed by atoms with E-state index in [1.807, 2.05) is 30.3 Å². The van der Waals surface area contributed by atoms with Crippen LogP contribution in [0.5, 0.6) is 0 Å². The van der Waals surface area contributed by atoms with Crippen molar-refractivity contribution >= 4 is 29.2 Å². The summed E-state index contributed by atoms with van der Waals surface area (Å²) in [5, 5.41) is 1.13. The average molecular weight is 320 g/mol. The molecule has 5 heteroatoms. The maximum absolute atomic E-state index is 6.34. The van der Waals surface area contributed by atoms with Gasteiger partial charge in [0.05, 0.1) is 22.6 Å². The summed E-state index contributed by atoms with van der Waals surface area (Å²) in [6.07, 6.45) is 0. The summed E-state index contributed by atoms with van der Waals surface area (Å²) in [4.78, 5) is 6.42. The Hall–Kier alpha value is -1.71. The molecule has 0 aromatic heterocycles. The second-order valence-corrected chi connectivity index (χ2v) is 5.76. The Morgan fingerprint density at radius 1 is 1.10 bits per heavy atom. The molecule has 0 fully saturated rings. The van der Waals surface area contributed by atoms with Crippen molar-refractivity contribution in [2.45, 2.75) is 12.6 Å². The molecule has 21 heavy (non-hydrogen) atoms. The zero-order chi connectivity index (χ0) is 14.8. The number of hydrogen-bond donors (Lipinski definition) is 1. The maximum Gasteiger partial charge on any atom is 0.192 e. The van der Waals surface area contributed by atoms with Crippen LogP contribution in [0.25, 0.3) is 0 Å². The molecule has 2 aromatic rings. The van der Waals surface area contributed by atoms with E-state index >= 15 is 0 Å². The predicted octanol–water partition coefficient (Wildman–Crippen LogP) is 3.87. The highest BCUT2D eigenvalue weighted by Gasteiger charge is 2.29. The van der Waals surface area contributed by atoms with E-state index in [1.165, 1.54) is 5.56 Å². The number of nitrogens with two attached hydrogens (primary N) is 1. The normalized spacial score (nSPS) is 17.9. The molecule has 1 heterocycles. The van der Waals surface area contributed by atoms with Gasteiger partial charge in [0.25, 0.3) is 0 Å². The molecule has 0 saturated heterocycles. The summed E-state index contributed by atoms with van der Waals surface area (Å²) in [5.74, 6) is 0.542. The minimum absolute atomic E-state index is 0.0245. The third kappa shape index (κ3) is 2.85. The fraction of sp³-hybridized carbons (Fsp3) is 0.188. The fourth-order valence-electron chi connectivity index (χ4n) is 2.54. The molecular formula is C16H15Cl2N3. The number of nitrogens with zero attached hydrogens (tertiary/aromatic N) is 2. The van der Waals surface area contributed by atoms with Crippen molar-refractivity contribution in [1.82, 2.24) is 4.90 Å². The summed E-state index contributed by atoms with van der Waals surface area (Å²) in [5.41, 5.74) is 8.19. The molecule has 0 radical (unpaired) electrons. The van der Waals surface area contributed by atoms with Crippen molar-refractivity contribution in [3.8, 4) is 0 Å². The minimum atomic E-state index is 0.0245. The first-order chi connectivity index (χ1) is 10.2. The highest BCUT2D eigenvalue weighted by Crippen LogP contribution is 2.35. The van der Waals surface area contributed by atoms with E-state index in [0.717, 1.165) is 5.56 Å². The molecule has 1 aliphatic rings. The summed E-state index contributed by atoms with van der Waals surface area (Å²) >= 11 is 12.5. The average Bonchev–Trinajstić information content (AvgIpc) is 2.84. The Labute approximate surface area is 134 Å². The Morgan fingerprint density at radius 2 is 1.86 bits per heavy atom. The number of aliphatic imine (C=N–C) groups is 1. The van der Waals surface area contributed by atoms with Crippen molar-refractivity contribution in [2.24, 2.45) is 10.7 Å². The Morgan fingerprint density at radius 3 is 2.62 bits per heavy atom. The van der Waals surface area contributed by atoms with Crippen LogP contribution >= 0.6 is 23.2 Å². The molecule has 3 nitrogen and oxygen atoms in total. The van der Waals surface area contributed by atoms with Crippen LogP contribution in [-0.2, 0) is 6.54 Å². The SMILES string of the molecule is NC1=NCC(c2cccc(Cl)c2Cl)N1Cc1ccccc1. The third-order valence-corrected chi connectivity index (χ3v) is 4.47. The minimum Gasteiger partial charge on any atom is -0.370 e. The van der Waals surface area contributed by atoms with E-state index in [0.29, 0.717) is 29.1 Å². The first-order valence-electron chi connectivity index (χ1n) is 6.71. The molecule has 2 aromatic carbocycles. The van der Waals surface area contributed by atoms with E-state index in [9.17, 15) is 0 Å². The Kier molecular flexibility index (Phi) is 4.04. The van der Waals surface area contributed by atoms with Crippen LogP contribution in [0.15, 0.2) is 53.5 Å². The quantitative estimate of drug-likeness (QED) is 0.933. The van der Waals surface area contributed by atoms with Gasteiger partial charge in [-0.1, -0.05) is 65.7 Å². The standard InChI is InChI=1S/C16H15Cl2N3/c17-13-8-4-7-12(15(13)18)14-9-20-16(19)21(14)10-11-5-2-1-3-6-11/h1-8,14H,9-10H2,(H2,19,20). The number of hydrogen-bond acceptors (Lipinski definition) is 3. The van der Waals surface area contributed by atoms with Crippen molar-refractivity contribution in [3.05, 3.63) is 69.7 Å². The van der Waals surface area contributed by atoms with Crippen LogP contribution in [0.1, 0.15) is 17.2 Å². The van der Waals surface area contributed by atoms with E-state index in [-0.39, 0.29) is 6.04 Å². The molecule has 0 bridgehead atoms. The molecule has 0 saturated carbocycles. The van der Waals surface area contributed by atoms with Crippen LogP contribution in [0.4, 0.5) is 0 Å². The topological polar surface area (TPSA) is 41.6 Å². The van der Waals surface area contributed by atoms with E-state index in [2.05, 4.69) is 22.0 Å². The van der Waals surface area contributed by atoms with E-state index in [4.69, 9.17) is 28.9 Å². The molecule has 2 N–H and O–H groups in total. The van der Waals surface area contributed by atoms with E-state index < -0.39 is 0 Å². The van der Waals surface area contributed by atoms with Crippen LogP contribution < -0.4 is 5.73 Å². The van der Waals surface area contributed by atoms with Gasteiger partial charge in [0.15, 0.2) is 5.96 Å². The maximum atomic E-state index is 6.34. The molecule has 1 aliphatic heterocycles. The monoisotopic (exact) mass is 319 g/mol. The second-order valence-electron chi connectivity index (χ2n) is 4.97. The largest absolute Gasteiger partial charge is 0.370 e. The van der Waals surface area contributed by atoms with Gasteiger partial charge >= 0.3 is 0 Å². The number of halogens is 2. The molecule has 1 atom stereocenters. The van der Waals surface area contributed by atoms with Crippen LogP contribution in [0, 0.1) is 0 Å². The summed E-state index contributed by atoms with van der Waals surface area (Å²) in [6.45, 7) is 1.29. The van der Waals surface area contributed by atoms with Gasteiger partial charge < -0.3 is 10.6 Å². The lowest BCUT2D eigenvalue weighted by atomic mass is 10.1. The van der Waals surface area contributed by atoms with Crippen molar-refractivity contribution < 1.29 is 0 Å². The van der Waals surface area contributed by atoms with E-state index in [1.54, 1.807) is 6.07 Å². The lowest BCUT2D eigenvalue weighted by molar-refractivity contribution is 0.340. The highest BCUT2D eigenvalue weighted by atomic mass is 35.5. The Bertz CT molecular complexity index is 670. The van der Waals surface area contributed by atoms with Gasteiger partial charge in [-0.3, -0.25) is 4.99 Å². The summed E-state index contributed by atoms with van der Waals surface area (Å²) in [7, 11) is 0. The summed E-state index contributed by atoms with van der Waals surface area (Å²) in [6, 6.07) is 15.9. The first kappa shape index (κ1) is 14.2. The molecule has 0 amide bonds. The molecule has 0 spiro atoms. The first-order valence-corrected chi connectivity index (χ1v) is 7.47. The van der Waals surface area contributed by atoms with Crippen LogP contribution in [0.3, 0.4) is 0 Å². The van der Waals surface area contributed by atoms with Crippen LogP contribution in [0.2, 0.25) is 10.0 Å². The Balaban J connectivity index is 1.90. The lowest BCUT2D eigenvalue weighted by Crippen LogP contribution is -2.35. The van der Waals surface area contributed by atoms with Gasteiger partial charge in [-0.25, -0.2) is 0 Å². The lowest BCUT2D eigenvalue weighted by Gasteiger charge is -2.27. The summed E-state index contributed by atoms with van der Waals surface area (Å²) < 4.78 is 0.